The Kier molecular flexibility index (Phi) is 11.9. The van der Waals surface area contributed by atoms with Gasteiger partial charge < -0.3 is 4.74 Å². The van der Waals surface area contributed by atoms with E-state index in [0.717, 1.165) is 0 Å². The maximum absolute atomic E-state index is 12.0. The highest BCUT2D eigenvalue weighted by molar-refractivity contribution is 5.35. The fraction of sp³-hybridized carbons (Fsp3) is 0.400. The molecule has 34 heavy (non-hydrogen) atoms. The van der Waals surface area contributed by atoms with Crippen LogP contribution in [0.25, 0.3) is 0 Å². The van der Waals surface area contributed by atoms with Crippen LogP contribution in [0.5, 0.6) is 5.75 Å². The predicted molar refractivity (Wildman–Crippen MR) is 138 cm³/mol. The monoisotopic (exact) mass is 472 g/mol. The van der Waals surface area contributed by atoms with Crippen molar-refractivity contribution in [3.63, 3.8) is 0 Å². The van der Waals surface area contributed by atoms with Gasteiger partial charge in [0.05, 0.1) is 0 Å². The molecule has 0 radical (unpaired) electrons. The van der Waals surface area contributed by atoms with Gasteiger partial charge in [-0.2, -0.15) is 0 Å². The quantitative estimate of drug-likeness (QED) is 0.367. The Hall–Kier alpha value is -2.75. The van der Waals surface area contributed by atoms with Gasteiger partial charge in [-0.05, 0) is 54.4 Å². The summed E-state index contributed by atoms with van der Waals surface area (Å²) in [5, 5.41) is 0. The molecule has 4 heteroatoms. The molecule has 3 aromatic carbocycles. The van der Waals surface area contributed by atoms with Gasteiger partial charge >= 0.3 is 6.36 Å². The molecule has 3 rings (SSSR count). The number of halogens is 3. The summed E-state index contributed by atoms with van der Waals surface area (Å²) in [6.07, 6.45) is -4.62. The number of rotatable bonds is 4. The standard InChI is InChI=1S/C10H11F3O.2C10H14/c1-7(2)8-5-3-4-6-9(8)14-10(11,12)13;1-8(2)10-6-4-9(3)5-7-10;1-8(2)10-6-4-5-9(3)7-10/h3-7H,1-2H3;2*4-8H,1-3H3. The molecule has 1 nitrogen and oxygen atoms in total. The molecule has 0 aliphatic heterocycles. The maximum Gasteiger partial charge on any atom is 0.573 e. The molecule has 0 saturated carbocycles. The maximum atomic E-state index is 12.0. The van der Waals surface area contributed by atoms with E-state index in [1.165, 1.54) is 34.4 Å². The lowest BCUT2D eigenvalue weighted by molar-refractivity contribution is -0.274. The van der Waals surface area contributed by atoms with Gasteiger partial charge in [-0.1, -0.05) is 119 Å². The van der Waals surface area contributed by atoms with E-state index < -0.39 is 6.36 Å². The molecule has 0 bridgehead atoms. The zero-order valence-electron chi connectivity index (χ0n) is 21.7. The third-order valence-electron chi connectivity index (χ3n) is 5.22. The molecule has 0 aliphatic rings. The van der Waals surface area contributed by atoms with E-state index in [1.807, 2.05) is 13.8 Å². The molecule has 0 N–H and O–H groups in total. The summed E-state index contributed by atoms with van der Waals surface area (Å²) in [7, 11) is 0. The van der Waals surface area contributed by atoms with Crippen LogP contribution in [0, 0.1) is 13.8 Å². The molecule has 0 heterocycles. The van der Waals surface area contributed by atoms with E-state index in [4.69, 9.17) is 0 Å². The number of benzene rings is 3. The Bertz CT molecular complexity index is 971. The molecule has 0 amide bonds. The fourth-order valence-electron chi connectivity index (χ4n) is 3.16. The van der Waals surface area contributed by atoms with E-state index >= 15 is 0 Å². The van der Waals surface area contributed by atoms with Crippen LogP contribution in [0.3, 0.4) is 0 Å². The SMILES string of the molecule is CC(C)c1ccccc1OC(F)(F)F.Cc1ccc(C(C)C)cc1.Cc1cccc(C(C)C)c1. The minimum Gasteiger partial charge on any atom is -0.405 e. The molecule has 0 aromatic heterocycles. The second-order valence-corrected chi connectivity index (χ2v) is 9.37. The molecular weight excluding hydrogens is 433 g/mol. The minimum absolute atomic E-state index is 0.00792. The van der Waals surface area contributed by atoms with Crippen LogP contribution in [-0.2, 0) is 0 Å². The van der Waals surface area contributed by atoms with Crippen molar-refractivity contribution in [2.45, 2.75) is 79.5 Å². The summed E-state index contributed by atoms with van der Waals surface area (Å²) in [4.78, 5) is 0. The molecule has 0 aliphatic carbocycles. The molecule has 0 unspecified atom stereocenters. The van der Waals surface area contributed by atoms with Gasteiger partial charge in [0.1, 0.15) is 5.75 Å². The first-order valence-electron chi connectivity index (χ1n) is 11.8. The normalized spacial score (nSPS) is 11.0. The predicted octanol–water partition coefficient (Wildman–Crippen LogP) is 9.95. The smallest absolute Gasteiger partial charge is 0.405 e. The largest absolute Gasteiger partial charge is 0.573 e. The average Bonchev–Trinajstić information content (AvgIpc) is 2.74. The molecule has 0 fully saturated rings. The lowest BCUT2D eigenvalue weighted by atomic mass is 10.0. The Morgan fingerprint density at radius 2 is 1.15 bits per heavy atom. The van der Waals surface area contributed by atoms with Crippen LogP contribution in [0.15, 0.2) is 72.8 Å². The number of alkyl halides is 3. The van der Waals surface area contributed by atoms with Crippen molar-refractivity contribution in [3.8, 4) is 5.75 Å². The van der Waals surface area contributed by atoms with E-state index in [1.54, 1.807) is 12.1 Å². The van der Waals surface area contributed by atoms with Crippen LogP contribution >= 0.6 is 0 Å². The van der Waals surface area contributed by atoms with Crippen LogP contribution in [0.4, 0.5) is 13.2 Å². The van der Waals surface area contributed by atoms with E-state index in [9.17, 15) is 13.2 Å². The van der Waals surface area contributed by atoms with Gasteiger partial charge in [-0.3, -0.25) is 0 Å². The van der Waals surface area contributed by atoms with Crippen molar-refractivity contribution in [1.29, 1.82) is 0 Å². The first-order chi connectivity index (χ1) is 15.8. The van der Waals surface area contributed by atoms with E-state index in [2.05, 4.69) is 94.8 Å². The van der Waals surface area contributed by atoms with Crippen molar-refractivity contribution < 1.29 is 17.9 Å². The Morgan fingerprint density at radius 3 is 1.59 bits per heavy atom. The Balaban J connectivity index is 0.000000261. The lowest BCUT2D eigenvalue weighted by Gasteiger charge is -2.14. The van der Waals surface area contributed by atoms with Crippen LogP contribution in [0.2, 0.25) is 0 Å². The number of hydrogen-bond donors (Lipinski definition) is 0. The number of ether oxygens (including phenoxy) is 1. The third kappa shape index (κ3) is 11.4. The Labute approximate surface area is 204 Å². The molecule has 0 saturated heterocycles. The van der Waals surface area contributed by atoms with Crippen molar-refractivity contribution >= 4 is 0 Å². The highest BCUT2D eigenvalue weighted by Crippen LogP contribution is 2.30. The zero-order valence-corrected chi connectivity index (χ0v) is 21.7. The fourth-order valence-corrected chi connectivity index (χ4v) is 3.16. The van der Waals surface area contributed by atoms with Crippen molar-refractivity contribution in [3.05, 3.63) is 101 Å². The lowest BCUT2D eigenvalue weighted by Crippen LogP contribution is -2.18. The second kappa shape index (κ2) is 13.8. The van der Waals surface area contributed by atoms with Crippen LogP contribution in [0.1, 0.15) is 87.1 Å². The summed E-state index contributed by atoms with van der Waals surface area (Å²) in [6, 6.07) is 23.5. The van der Waals surface area contributed by atoms with E-state index in [0.29, 0.717) is 17.4 Å². The van der Waals surface area contributed by atoms with Gasteiger partial charge in [-0.15, -0.1) is 13.2 Å². The molecule has 3 aromatic rings. The number of para-hydroxylation sites is 1. The summed E-state index contributed by atoms with van der Waals surface area (Å²) in [5.41, 5.74) is 6.10. The number of aryl methyl sites for hydroxylation is 2. The highest BCUT2D eigenvalue weighted by atomic mass is 19.4. The molecule has 0 atom stereocenters. The first-order valence-corrected chi connectivity index (χ1v) is 11.8. The molecule has 186 valence electrons. The Morgan fingerprint density at radius 1 is 0.588 bits per heavy atom. The second-order valence-electron chi connectivity index (χ2n) is 9.37. The topological polar surface area (TPSA) is 9.23 Å². The van der Waals surface area contributed by atoms with Crippen molar-refractivity contribution in [2.24, 2.45) is 0 Å². The van der Waals surface area contributed by atoms with E-state index in [-0.39, 0.29) is 11.7 Å². The molecule has 0 spiro atoms. The summed E-state index contributed by atoms with van der Waals surface area (Å²) in [5.74, 6) is 1.20. The summed E-state index contributed by atoms with van der Waals surface area (Å²) >= 11 is 0. The minimum atomic E-state index is -4.62. The van der Waals surface area contributed by atoms with Gasteiger partial charge in [0.15, 0.2) is 0 Å². The van der Waals surface area contributed by atoms with Crippen molar-refractivity contribution in [2.75, 3.05) is 0 Å². The van der Waals surface area contributed by atoms with Crippen molar-refractivity contribution in [1.82, 2.24) is 0 Å². The third-order valence-corrected chi connectivity index (χ3v) is 5.22. The summed E-state index contributed by atoms with van der Waals surface area (Å²) < 4.78 is 39.8. The number of hydrogen-bond acceptors (Lipinski definition) is 1. The van der Waals surface area contributed by atoms with Crippen LogP contribution < -0.4 is 4.74 Å². The van der Waals surface area contributed by atoms with Gasteiger partial charge in [0.25, 0.3) is 0 Å². The highest BCUT2D eigenvalue weighted by Gasteiger charge is 2.32. The van der Waals surface area contributed by atoms with Gasteiger partial charge in [0, 0.05) is 0 Å². The average molecular weight is 473 g/mol. The summed E-state index contributed by atoms with van der Waals surface area (Å²) in [6.45, 7) is 16.7. The van der Waals surface area contributed by atoms with Crippen LogP contribution in [-0.4, -0.2) is 6.36 Å². The van der Waals surface area contributed by atoms with Gasteiger partial charge in [0.2, 0.25) is 0 Å². The van der Waals surface area contributed by atoms with Gasteiger partial charge in [-0.25, -0.2) is 0 Å². The molecular formula is C30H39F3O. The first kappa shape index (κ1) is 29.3. The zero-order chi connectivity index (χ0) is 25.9.